The van der Waals surface area contributed by atoms with E-state index < -0.39 is 11.3 Å². The molecule has 3 aliphatic rings. The lowest BCUT2D eigenvalue weighted by atomic mass is 9.76. The number of alkyl halides is 2. The van der Waals surface area contributed by atoms with Crippen molar-refractivity contribution in [2.75, 3.05) is 26.2 Å². The number of hydrogen-bond donors (Lipinski definition) is 1. The van der Waals surface area contributed by atoms with Crippen molar-refractivity contribution in [2.24, 2.45) is 11.3 Å². The minimum atomic E-state index is -2.82. The first-order valence-corrected chi connectivity index (χ1v) is 8.83. The van der Waals surface area contributed by atoms with Crippen LogP contribution in [0.25, 0.3) is 0 Å². The summed E-state index contributed by atoms with van der Waals surface area (Å²) in [5, 5.41) is 6.59. The highest BCUT2D eigenvalue weighted by molar-refractivity contribution is 5.85. The van der Waals surface area contributed by atoms with Crippen molar-refractivity contribution >= 4 is 5.91 Å². The number of H-pyrrole nitrogens is 1. The molecule has 0 aromatic carbocycles. The molecule has 0 bridgehead atoms. The Morgan fingerprint density at radius 1 is 1.33 bits per heavy atom. The predicted molar refractivity (Wildman–Crippen MR) is 84.4 cm³/mol. The number of hydrogen-bond acceptors (Lipinski definition) is 3. The van der Waals surface area contributed by atoms with Crippen LogP contribution in [-0.4, -0.2) is 58.0 Å². The van der Waals surface area contributed by atoms with Crippen molar-refractivity contribution in [3.63, 3.8) is 0 Å². The number of halogens is 2. The molecule has 2 saturated heterocycles. The first-order valence-electron chi connectivity index (χ1n) is 8.83. The maximum absolute atomic E-state index is 14.4. The number of aromatic nitrogens is 2. The quantitative estimate of drug-likeness (QED) is 0.916. The lowest BCUT2D eigenvalue weighted by Crippen LogP contribution is -2.55. The van der Waals surface area contributed by atoms with E-state index in [-0.39, 0.29) is 18.9 Å². The van der Waals surface area contributed by atoms with Gasteiger partial charge in [-0.25, -0.2) is 8.78 Å². The van der Waals surface area contributed by atoms with Gasteiger partial charge in [0.1, 0.15) is 0 Å². The van der Waals surface area contributed by atoms with Gasteiger partial charge in [-0.2, -0.15) is 5.10 Å². The molecule has 1 aliphatic carbocycles. The molecule has 1 N–H and O–H groups in total. The molecule has 1 aromatic rings. The molecule has 1 spiro atoms. The molecule has 4 rings (SSSR count). The maximum Gasteiger partial charge on any atom is 0.261 e. The molecule has 1 aromatic heterocycles. The Kier molecular flexibility index (Phi) is 3.86. The lowest BCUT2D eigenvalue weighted by Gasteiger charge is -2.43. The lowest BCUT2D eigenvalue weighted by molar-refractivity contribution is -0.155. The van der Waals surface area contributed by atoms with Gasteiger partial charge in [-0.15, -0.1) is 0 Å². The monoisotopic (exact) mass is 338 g/mol. The van der Waals surface area contributed by atoms with Crippen molar-refractivity contribution in [3.8, 4) is 0 Å². The molecule has 1 atom stereocenters. The maximum atomic E-state index is 14.4. The summed E-state index contributed by atoms with van der Waals surface area (Å²) in [6, 6.07) is 0. The van der Waals surface area contributed by atoms with Crippen LogP contribution in [0.3, 0.4) is 0 Å². The molecule has 1 saturated carbocycles. The number of amides is 1. The SMILES string of the molecule is O=C1N(CC2CCC2)CC[C@]12CN(Cc1cn[nH]c1)CC(F)(F)C2. The second-order valence-electron chi connectivity index (χ2n) is 7.86. The molecule has 132 valence electrons. The number of carbonyl (C=O) groups excluding carboxylic acids is 1. The molecule has 3 fully saturated rings. The number of likely N-dealkylation sites (tertiary alicyclic amines) is 2. The summed E-state index contributed by atoms with van der Waals surface area (Å²) < 4.78 is 28.8. The van der Waals surface area contributed by atoms with Gasteiger partial charge in [0.2, 0.25) is 5.91 Å². The average Bonchev–Trinajstić information content (AvgIpc) is 3.04. The van der Waals surface area contributed by atoms with E-state index in [2.05, 4.69) is 10.2 Å². The van der Waals surface area contributed by atoms with Gasteiger partial charge in [0.15, 0.2) is 0 Å². The van der Waals surface area contributed by atoms with E-state index in [0.717, 1.165) is 12.1 Å². The third-order valence-electron chi connectivity index (χ3n) is 5.84. The summed E-state index contributed by atoms with van der Waals surface area (Å²) in [7, 11) is 0. The van der Waals surface area contributed by atoms with Crippen LogP contribution in [0.5, 0.6) is 0 Å². The summed E-state index contributed by atoms with van der Waals surface area (Å²) in [6.45, 7) is 1.94. The Balaban J connectivity index is 1.49. The van der Waals surface area contributed by atoms with Crippen LogP contribution in [-0.2, 0) is 11.3 Å². The van der Waals surface area contributed by atoms with Gasteiger partial charge in [-0.1, -0.05) is 6.42 Å². The van der Waals surface area contributed by atoms with Crippen LogP contribution in [0.4, 0.5) is 8.78 Å². The van der Waals surface area contributed by atoms with Crippen LogP contribution >= 0.6 is 0 Å². The fourth-order valence-electron chi connectivity index (χ4n) is 4.52. The Morgan fingerprint density at radius 3 is 2.83 bits per heavy atom. The highest BCUT2D eigenvalue weighted by Gasteiger charge is 2.56. The third-order valence-corrected chi connectivity index (χ3v) is 5.84. The standard InChI is InChI=1S/C17H24F2N4O/c18-17(19)10-16(11-22(12-17)8-14-6-20-21-7-14)4-5-23(15(16)24)9-13-2-1-3-13/h6-7,13H,1-5,8-12H2,(H,20,21)/t16-/m0/s1. The van der Waals surface area contributed by atoms with E-state index in [0.29, 0.717) is 32.0 Å². The molecule has 24 heavy (non-hydrogen) atoms. The number of nitrogens with one attached hydrogen (secondary N) is 1. The minimum Gasteiger partial charge on any atom is -0.342 e. The molecular formula is C17H24F2N4O. The van der Waals surface area contributed by atoms with E-state index in [1.54, 1.807) is 17.3 Å². The highest BCUT2D eigenvalue weighted by Crippen LogP contribution is 2.46. The largest absolute Gasteiger partial charge is 0.342 e. The zero-order valence-corrected chi connectivity index (χ0v) is 13.8. The average molecular weight is 338 g/mol. The molecule has 0 unspecified atom stereocenters. The molecule has 2 aliphatic heterocycles. The topological polar surface area (TPSA) is 52.2 Å². The second-order valence-corrected chi connectivity index (χ2v) is 7.86. The van der Waals surface area contributed by atoms with E-state index >= 15 is 0 Å². The van der Waals surface area contributed by atoms with Crippen molar-refractivity contribution in [1.29, 1.82) is 0 Å². The van der Waals surface area contributed by atoms with E-state index in [9.17, 15) is 13.6 Å². The number of rotatable bonds is 4. The van der Waals surface area contributed by atoms with Crippen LogP contribution in [0, 0.1) is 11.3 Å². The Bertz CT molecular complexity index is 602. The first-order chi connectivity index (χ1) is 11.5. The molecule has 0 radical (unpaired) electrons. The zero-order valence-electron chi connectivity index (χ0n) is 13.8. The fourth-order valence-corrected chi connectivity index (χ4v) is 4.52. The number of carbonyl (C=O) groups is 1. The Labute approximate surface area is 140 Å². The van der Waals surface area contributed by atoms with Crippen LogP contribution in [0.2, 0.25) is 0 Å². The summed E-state index contributed by atoms with van der Waals surface area (Å²) in [5.41, 5.74) is -0.0329. The first kappa shape index (κ1) is 16.0. The van der Waals surface area contributed by atoms with Gasteiger partial charge in [-0.05, 0) is 25.2 Å². The summed E-state index contributed by atoms with van der Waals surface area (Å²) in [6.07, 6.45) is 7.18. The van der Waals surface area contributed by atoms with Crippen LogP contribution in [0.15, 0.2) is 12.4 Å². The highest BCUT2D eigenvalue weighted by atomic mass is 19.3. The molecule has 3 heterocycles. The smallest absolute Gasteiger partial charge is 0.261 e. The van der Waals surface area contributed by atoms with E-state index in [1.165, 1.54) is 19.3 Å². The van der Waals surface area contributed by atoms with Gasteiger partial charge in [0.25, 0.3) is 5.92 Å². The van der Waals surface area contributed by atoms with Crippen LogP contribution in [0.1, 0.15) is 37.7 Å². The number of nitrogens with zero attached hydrogens (tertiary/aromatic N) is 3. The summed E-state index contributed by atoms with van der Waals surface area (Å²) in [4.78, 5) is 16.5. The van der Waals surface area contributed by atoms with Crippen molar-refractivity contribution in [2.45, 2.75) is 44.6 Å². The normalized spacial score (nSPS) is 30.9. The van der Waals surface area contributed by atoms with Gasteiger partial charge < -0.3 is 4.90 Å². The summed E-state index contributed by atoms with van der Waals surface area (Å²) in [5.74, 6) is -2.29. The van der Waals surface area contributed by atoms with Gasteiger partial charge in [-0.3, -0.25) is 14.8 Å². The van der Waals surface area contributed by atoms with Crippen molar-refractivity contribution < 1.29 is 13.6 Å². The van der Waals surface area contributed by atoms with Gasteiger partial charge >= 0.3 is 0 Å². The fraction of sp³-hybridized carbons (Fsp3) is 0.765. The number of piperidine rings is 1. The van der Waals surface area contributed by atoms with E-state index in [4.69, 9.17) is 0 Å². The Hall–Kier alpha value is -1.50. The molecule has 5 nitrogen and oxygen atoms in total. The van der Waals surface area contributed by atoms with Crippen LogP contribution < -0.4 is 0 Å². The van der Waals surface area contributed by atoms with Gasteiger partial charge in [0.05, 0.1) is 18.2 Å². The third kappa shape index (κ3) is 2.94. The molecule has 7 heteroatoms. The Morgan fingerprint density at radius 2 is 2.17 bits per heavy atom. The predicted octanol–water partition coefficient (Wildman–Crippen LogP) is 2.27. The zero-order chi connectivity index (χ0) is 16.8. The van der Waals surface area contributed by atoms with Crippen molar-refractivity contribution in [1.82, 2.24) is 20.0 Å². The molecular weight excluding hydrogens is 314 g/mol. The van der Waals surface area contributed by atoms with Crippen molar-refractivity contribution in [3.05, 3.63) is 18.0 Å². The second kappa shape index (κ2) is 5.79. The van der Waals surface area contributed by atoms with E-state index in [1.807, 2.05) is 4.90 Å². The molecule has 1 amide bonds. The van der Waals surface area contributed by atoms with Gasteiger partial charge in [0, 0.05) is 44.4 Å². The number of aromatic amines is 1. The summed E-state index contributed by atoms with van der Waals surface area (Å²) >= 11 is 0. The minimum absolute atomic E-state index is 0.0500.